The average molecular weight is 410 g/mol. The summed E-state index contributed by atoms with van der Waals surface area (Å²) in [6, 6.07) is 16.2. The number of benzene rings is 2. The predicted octanol–water partition coefficient (Wildman–Crippen LogP) is 2.17. The molecule has 8 nitrogen and oxygen atoms in total. The Kier molecular flexibility index (Phi) is 6.69. The summed E-state index contributed by atoms with van der Waals surface area (Å²) < 4.78 is 15.7. The lowest BCUT2D eigenvalue weighted by Gasteiger charge is -2.15. The van der Waals surface area contributed by atoms with Gasteiger partial charge in [0.2, 0.25) is 11.7 Å². The van der Waals surface area contributed by atoms with Crippen molar-refractivity contribution in [2.24, 2.45) is 0 Å². The molecule has 1 atom stereocenters. The number of nitrogens with one attached hydrogen (secondary N) is 2. The quantitative estimate of drug-likeness (QED) is 0.508. The van der Waals surface area contributed by atoms with E-state index in [0.29, 0.717) is 11.4 Å². The maximum atomic E-state index is 12.5. The van der Waals surface area contributed by atoms with E-state index in [9.17, 15) is 14.4 Å². The van der Waals surface area contributed by atoms with E-state index in [1.807, 2.05) is 24.3 Å². The van der Waals surface area contributed by atoms with E-state index in [1.54, 1.807) is 37.4 Å². The fraction of sp³-hybridized carbons (Fsp3) is 0.227. The van der Waals surface area contributed by atoms with Crippen molar-refractivity contribution in [3.05, 3.63) is 71.6 Å². The molecule has 0 spiro atoms. The molecule has 1 aliphatic rings. The van der Waals surface area contributed by atoms with Crippen LogP contribution in [0.25, 0.3) is 0 Å². The summed E-state index contributed by atoms with van der Waals surface area (Å²) >= 11 is 0. The van der Waals surface area contributed by atoms with Gasteiger partial charge in [0.25, 0.3) is 5.91 Å². The first-order valence-electron chi connectivity index (χ1n) is 9.32. The zero-order valence-corrected chi connectivity index (χ0v) is 16.6. The Morgan fingerprint density at radius 1 is 1.10 bits per heavy atom. The number of anilines is 1. The van der Waals surface area contributed by atoms with Gasteiger partial charge in [0.1, 0.15) is 5.75 Å². The highest BCUT2D eigenvalue weighted by Crippen LogP contribution is 2.21. The number of Topliss-reactive ketones (excluding diaryl/α,β-unsaturated/α-hetero) is 1. The summed E-state index contributed by atoms with van der Waals surface area (Å²) in [5.41, 5.74) is 1.18. The lowest BCUT2D eigenvalue weighted by Crippen LogP contribution is -2.36. The molecule has 0 unspecified atom stereocenters. The largest absolute Gasteiger partial charge is 0.496 e. The molecule has 2 N–H and O–H groups in total. The fourth-order valence-corrected chi connectivity index (χ4v) is 2.81. The molecule has 0 aliphatic carbocycles. The molecule has 156 valence electrons. The number of ether oxygens (including phenoxy) is 3. The van der Waals surface area contributed by atoms with Crippen molar-refractivity contribution in [3.63, 3.8) is 0 Å². The van der Waals surface area contributed by atoms with Crippen molar-refractivity contribution in [3.8, 4) is 5.75 Å². The van der Waals surface area contributed by atoms with Crippen molar-refractivity contribution in [2.45, 2.75) is 19.6 Å². The lowest BCUT2D eigenvalue weighted by molar-refractivity contribution is -0.151. The van der Waals surface area contributed by atoms with Gasteiger partial charge in [-0.1, -0.05) is 36.4 Å². The van der Waals surface area contributed by atoms with E-state index in [2.05, 4.69) is 10.6 Å². The van der Waals surface area contributed by atoms with E-state index < -0.39 is 23.8 Å². The second-order valence-electron chi connectivity index (χ2n) is 6.48. The maximum Gasteiger partial charge on any atom is 0.348 e. The van der Waals surface area contributed by atoms with Gasteiger partial charge in [-0.3, -0.25) is 9.59 Å². The highest BCUT2D eigenvalue weighted by molar-refractivity contribution is 6.20. The molecule has 3 rings (SSSR count). The summed E-state index contributed by atoms with van der Waals surface area (Å²) in [5, 5.41) is 5.57. The summed E-state index contributed by atoms with van der Waals surface area (Å²) in [6.45, 7) is 1.37. The summed E-state index contributed by atoms with van der Waals surface area (Å²) in [7, 11) is 1.54. The smallest absolute Gasteiger partial charge is 0.348 e. The molecule has 0 saturated carbocycles. The number of amides is 1. The van der Waals surface area contributed by atoms with Gasteiger partial charge in [-0.15, -0.1) is 0 Å². The summed E-state index contributed by atoms with van der Waals surface area (Å²) in [5.74, 6) is -1.29. The Morgan fingerprint density at radius 3 is 2.53 bits per heavy atom. The molecule has 1 amide bonds. The molecule has 1 aliphatic heterocycles. The Balaban J connectivity index is 1.62. The number of hydrogen-bond donors (Lipinski definition) is 2. The molecule has 2 aromatic carbocycles. The predicted molar refractivity (Wildman–Crippen MR) is 108 cm³/mol. The van der Waals surface area contributed by atoms with Crippen LogP contribution in [0.15, 0.2) is 66.1 Å². The van der Waals surface area contributed by atoms with Gasteiger partial charge in [-0.2, -0.15) is 0 Å². The number of ketones is 1. The van der Waals surface area contributed by atoms with Crippen LogP contribution in [0, 0.1) is 0 Å². The highest BCUT2D eigenvalue weighted by atomic mass is 16.6. The van der Waals surface area contributed by atoms with Crippen LogP contribution in [0.3, 0.4) is 0 Å². The van der Waals surface area contributed by atoms with Crippen LogP contribution in [-0.4, -0.2) is 37.5 Å². The molecule has 30 heavy (non-hydrogen) atoms. The Hall–Kier alpha value is -3.81. The first kappa shape index (κ1) is 20.9. The molecule has 0 saturated heterocycles. The topological polar surface area (TPSA) is 103 Å². The average Bonchev–Trinajstić information content (AvgIpc) is 3.12. The molecule has 1 heterocycles. The molecule has 8 heteroatoms. The zero-order valence-electron chi connectivity index (χ0n) is 16.6. The number of para-hydroxylation sites is 2. The van der Waals surface area contributed by atoms with Crippen LogP contribution in [0.4, 0.5) is 5.69 Å². The number of esters is 1. The number of hydrogen-bond acceptors (Lipinski definition) is 7. The fourth-order valence-electron chi connectivity index (χ4n) is 2.81. The van der Waals surface area contributed by atoms with Gasteiger partial charge in [0, 0.05) is 17.8 Å². The van der Waals surface area contributed by atoms with E-state index in [4.69, 9.17) is 14.2 Å². The van der Waals surface area contributed by atoms with E-state index in [0.717, 1.165) is 5.56 Å². The lowest BCUT2D eigenvalue weighted by atomic mass is 10.2. The van der Waals surface area contributed by atoms with Gasteiger partial charge in [0.05, 0.1) is 7.11 Å². The van der Waals surface area contributed by atoms with Crippen molar-refractivity contribution in [1.29, 1.82) is 0 Å². The SMILES string of the molecule is COc1ccccc1CNC(=O)[C@H](C)OC(=O)C1=C(Nc2ccccc2)OCC1=O. The van der Waals surface area contributed by atoms with E-state index in [-0.39, 0.29) is 24.6 Å². The van der Waals surface area contributed by atoms with Crippen LogP contribution < -0.4 is 15.4 Å². The normalized spacial score (nSPS) is 14.0. The van der Waals surface area contributed by atoms with Gasteiger partial charge in [0.15, 0.2) is 18.3 Å². The van der Waals surface area contributed by atoms with E-state index in [1.165, 1.54) is 6.92 Å². The minimum Gasteiger partial charge on any atom is -0.496 e. The summed E-state index contributed by atoms with van der Waals surface area (Å²) in [6.07, 6.45) is -1.11. The first-order valence-corrected chi connectivity index (χ1v) is 9.32. The molecule has 0 fully saturated rings. The third-order valence-corrected chi connectivity index (χ3v) is 4.39. The number of methoxy groups -OCH3 is 1. The van der Waals surface area contributed by atoms with Gasteiger partial charge >= 0.3 is 5.97 Å². The van der Waals surface area contributed by atoms with Crippen molar-refractivity contribution in [2.75, 3.05) is 19.0 Å². The number of carbonyl (C=O) groups excluding carboxylic acids is 3. The maximum absolute atomic E-state index is 12.5. The Labute approximate surface area is 173 Å². The van der Waals surface area contributed by atoms with Crippen molar-refractivity contribution < 1.29 is 28.6 Å². The molecule has 0 bridgehead atoms. The highest BCUT2D eigenvalue weighted by Gasteiger charge is 2.34. The van der Waals surface area contributed by atoms with E-state index >= 15 is 0 Å². The molecule has 0 aromatic heterocycles. The second kappa shape index (κ2) is 9.60. The first-order chi connectivity index (χ1) is 14.5. The van der Waals surface area contributed by atoms with Gasteiger partial charge < -0.3 is 24.8 Å². The number of rotatable bonds is 8. The van der Waals surface area contributed by atoms with Gasteiger partial charge in [-0.05, 0) is 25.1 Å². The molecule has 2 aromatic rings. The third kappa shape index (κ3) is 4.96. The van der Waals surface area contributed by atoms with Gasteiger partial charge in [-0.25, -0.2) is 4.79 Å². The van der Waals surface area contributed by atoms with Crippen LogP contribution in [0.2, 0.25) is 0 Å². The Bertz CT molecular complexity index is 971. The van der Waals surface area contributed by atoms with Crippen molar-refractivity contribution in [1.82, 2.24) is 5.32 Å². The third-order valence-electron chi connectivity index (χ3n) is 4.39. The monoisotopic (exact) mass is 410 g/mol. The van der Waals surface area contributed by atoms with Crippen molar-refractivity contribution >= 4 is 23.3 Å². The molecular formula is C22H22N2O6. The minimum atomic E-state index is -1.11. The van der Waals surface area contributed by atoms with Crippen LogP contribution in [-0.2, 0) is 30.4 Å². The Morgan fingerprint density at radius 2 is 1.80 bits per heavy atom. The van der Waals surface area contributed by atoms with Crippen LogP contribution in [0.5, 0.6) is 5.75 Å². The minimum absolute atomic E-state index is 0.0119. The second-order valence-corrected chi connectivity index (χ2v) is 6.48. The number of carbonyl (C=O) groups is 3. The van der Waals surface area contributed by atoms with Crippen LogP contribution >= 0.6 is 0 Å². The molecular weight excluding hydrogens is 388 g/mol. The molecule has 0 radical (unpaired) electrons. The van der Waals surface area contributed by atoms with Crippen LogP contribution in [0.1, 0.15) is 12.5 Å². The summed E-state index contributed by atoms with van der Waals surface area (Å²) in [4.78, 5) is 37.0. The zero-order chi connectivity index (χ0) is 21.5. The standard InChI is InChI=1S/C22H22N2O6/c1-14(20(26)23-12-15-8-6-7-11-18(15)28-2)30-22(27)19-17(25)13-29-21(19)24-16-9-4-3-5-10-16/h3-11,14,24H,12-13H2,1-2H3,(H,23,26)/t14-/m0/s1.